The number of carbonyl (C=O) groups excluding carboxylic acids is 2. The highest BCUT2D eigenvalue weighted by molar-refractivity contribution is 6.30. The van der Waals surface area contributed by atoms with Crippen LogP contribution in [0.1, 0.15) is 24.2 Å². The molecule has 0 saturated heterocycles. The molecule has 7 heteroatoms. The van der Waals surface area contributed by atoms with Gasteiger partial charge in [0.1, 0.15) is 18.1 Å². The highest BCUT2D eigenvalue weighted by atomic mass is 35.5. The van der Waals surface area contributed by atoms with Crippen molar-refractivity contribution >= 4 is 23.4 Å². The van der Waals surface area contributed by atoms with Gasteiger partial charge in [-0.25, -0.2) is 0 Å². The van der Waals surface area contributed by atoms with E-state index in [0.717, 1.165) is 18.4 Å². The van der Waals surface area contributed by atoms with Crippen LogP contribution in [0.3, 0.4) is 0 Å². The van der Waals surface area contributed by atoms with Gasteiger partial charge < -0.3 is 19.0 Å². The number of hydrogen-bond donors (Lipinski definition) is 0. The third kappa shape index (κ3) is 6.14. The maximum absolute atomic E-state index is 13.3. The summed E-state index contributed by atoms with van der Waals surface area (Å²) in [5, 5.41) is 0.601. The molecule has 0 aliphatic heterocycles. The third-order valence-electron chi connectivity index (χ3n) is 5.29. The number of hydrogen-bond acceptors (Lipinski definition) is 4. The maximum atomic E-state index is 13.3. The zero-order valence-corrected chi connectivity index (χ0v) is 18.4. The van der Waals surface area contributed by atoms with E-state index in [1.807, 2.05) is 36.4 Å². The summed E-state index contributed by atoms with van der Waals surface area (Å²) in [6, 6.07) is 20.4. The summed E-state index contributed by atoms with van der Waals surface area (Å²) in [4.78, 5) is 29.5. The minimum absolute atomic E-state index is 0.0149. The minimum Gasteiger partial charge on any atom is -0.484 e. The number of benzene rings is 2. The van der Waals surface area contributed by atoms with Crippen LogP contribution in [-0.2, 0) is 22.7 Å². The van der Waals surface area contributed by atoms with Crippen molar-refractivity contribution in [2.45, 2.75) is 32.0 Å². The standard InChI is InChI=1S/C25H25ClN2O4/c26-20-8-12-22(13-9-20)32-18-25(30)28(21-10-11-21)17-24(29)27(16-23-7-4-14-31-23)15-19-5-2-1-3-6-19/h1-9,12-14,21H,10-11,15-18H2. The summed E-state index contributed by atoms with van der Waals surface area (Å²) < 4.78 is 11.1. The average molecular weight is 453 g/mol. The monoisotopic (exact) mass is 452 g/mol. The van der Waals surface area contributed by atoms with Crippen LogP contribution in [0.2, 0.25) is 5.02 Å². The van der Waals surface area contributed by atoms with Crippen LogP contribution in [0, 0.1) is 0 Å². The van der Waals surface area contributed by atoms with Gasteiger partial charge in [-0.3, -0.25) is 9.59 Å². The molecule has 0 radical (unpaired) electrons. The van der Waals surface area contributed by atoms with E-state index < -0.39 is 0 Å². The first-order valence-corrected chi connectivity index (χ1v) is 11.0. The molecule has 0 N–H and O–H groups in total. The van der Waals surface area contributed by atoms with E-state index in [-0.39, 0.29) is 31.0 Å². The molecular weight excluding hydrogens is 428 g/mol. The Morgan fingerprint density at radius 1 is 0.938 bits per heavy atom. The summed E-state index contributed by atoms with van der Waals surface area (Å²) in [5.74, 6) is 0.934. The van der Waals surface area contributed by atoms with Crippen molar-refractivity contribution in [3.63, 3.8) is 0 Å². The Kier molecular flexibility index (Phi) is 7.12. The Morgan fingerprint density at radius 3 is 2.34 bits per heavy atom. The predicted molar refractivity (Wildman–Crippen MR) is 121 cm³/mol. The summed E-state index contributed by atoms with van der Waals surface area (Å²) in [7, 11) is 0. The molecule has 4 rings (SSSR count). The number of amides is 2. The molecule has 2 amide bonds. The SMILES string of the molecule is O=C(CN(C(=O)COc1ccc(Cl)cc1)C1CC1)N(Cc1ccccc1)Cc1ccco1. The molecule has 0 spiro atoms. The smallest absolute Gasteiger partial charge is 0.261 e. The van der Waals surface area contributed by atoms with E-state index >= 15 is 0 Å². The average Bonchev–Trinajstić information content (AvgIpc) is 3.52. The second-order valence-electron chi connectivity index (χ2n) is 7.81. The van der Waals surface area contributed by atoms with Crippen LogP contribution >= 0.6 is 11.6 Å². The van der Waals surface area contributed by atoms with E-state index in [2.05, 4.69) is 0 Å². The lowest BCUT2D eigenvalue weighted by molar-refractivity contribution is -0.143. The van der Waals surface area contributed by atoms with Crippen molar-refractivity contribution in [3.8, 4) is 5.75 Å². The molecule has 1 aliphatic carbocycles. The normalized spacial score (nSPS) is 12.9. The van der Waals surface area contributed by atoms with E-state index in [0.29, 0.717) is 29.6 Å². The molecule has 1 fully saturated rings. The second kappa shape index (κ2) is 10.4. The topological polar surface area (TPSA) is 63.0 Å². The first-order valence-electron chi connectivity index (χ1n) is 10.6. The van der Waals surface area contributed by atoms with Gasteiger partial charge in [0.15, 0.2) is 6.61 Å². The van der Waals surface area contributed by atoms with Crippen LogP contribution < -0.4 is 4.74 Å². The number of furan rings is 1. The lowest BCUT2D eigenvalue weighted by atomic mass is 10.2. The Hall–Kier alpha value is -3.25. The van der Waals surface area contributed by atoms with E-state index in [9.17, 15) is 9.59 Å². The molecule has 1 aliphatic rings. The van der Waals surface area contributed by atoms with Crippen LogP contribution in [0.4, 0.5) is 0 Å². The first kappa shape index (κ1) is 22.0. The van der Waals surface area contributed by atoms with Crippen LogP contribution in [0.15, 0.2) is 77.4 Å². The quantitative estimate of drug-likeness (QED) is 0.453. The fraction of sp³-hybridized carbons (Fsp3) is 0.280. The Labute approximate surface area is 192 Å². The van der Waals surface area contributed by atoms with Crippen LogP contribution in [-0.4, -0.2) is 40.8 Å². The van der Waals surface area contributed by atoms with E-state index in [4.69, 9.17) is 20.8 Å². The van der Waals surface area contributed by atoms with Crippen molar-refractivity contribution in [2.75, 3.05) is 13.2 Å². The van der Waals surface area contributed by atoms with Crippen molar-refractivity contribution in [1.29, 1.82) is 0 Å². The van der Waals surface area contributed by atoms with Gasteiger partial charge in [0.05, 0.1) is 12.8 Å². The zero-order valence-electron chi connectivity index (χ0n) is 17.7. The van der Waals surface area contributed by atoms with Gasteiger partial charge in [-0.05, 0) is 54.8 Å². The number of carbonyl (C=O) groups is 2. The Morgan fingerprint density at radius 2 is 1.69 bits per heavy atom. The van der Waals surface area contributed by atoms with Gasteiger partial charge in [-0.2, -0.15) is 0 Å². The summed E-state index contributed by atoms with van der Waals surface area (Å²) in [6.07, 6.45) is 3.39. The molecule has 1 heterocycles. The molecule has 2 aromatic carbocycles. The van der Waals surface area contributed by atoms with E-state index in [1.54, 1.807) is 46.4 Å². The highest BCUT2D eigenvalue weighted by Gasteiger charge is 2.35. The van der Waals surface area contributed by atoms with Gasteiger partial charge in [-0.15, -0.1) is 0 Å². The molecule has 0 bridgehead atoms. The fourth-order valence-electron chi connectivity index (χ4n) is 3.44. The van der Waals surface area contributed by atoms with Gasteiger partial charge in [-0.1, -0.05) is 41.9 Å². The number of rotatable bonds is 10. The number of nitrogens with zero attached hydrogens (tertiary/aromatic N) is 2. The zero-order chi connectivity index (χ0) is 22.3. The van der Waals surface area contributed by atoms with Crippen molar-refractivity contribution in [2.24, 2.45) is 0 Å². The number of halogens is 1. The van der Waals surface area contributed by atoms with Crippen molar-refractivity contribution in [1.82, 2.24) is 9.80 Å². The van der Waals surface area contributed by atoms with Gasteiger partial charge in [0.25, 0.3) is 5.91 Å². The molecule has 1 aromatic heterocycles. The maximum Gasteiger partial charge on any atom is 0.261 e. The Balaban J connectivity index is 1.41. The number of ether oxygens (including phenoxy) is 1. The Bertz CT molecular complexity index is 1020. The van der Waals surface area contributed by atoms with Gasteiger partial charge in [0, 0.05) is 17.6 Å². The molecule has 166 valence electrons. The lowest BCUT2D eigenvalue weighted by Crippen LogP contribution is -2.45. The molecule has 32 heavy (non-hydrogen) atoms. The van der Waals surface area contributed by atoms with E-state index in [1.165, 1.54) is 0 Å². The van der Waals surface area contributed by atoms with Gasteiger partial charge >= 0.3 is 0 Å². The predicted octanol–water partition coefficient (Wildman–Crippen LogP) is 4.53. The van der Waals surface area contributed by atoms with Crippen LogP contribution in [0.25, 0.3) is 0 Å². The molecule has 1 saturated carbocycles. The third-order valence-corrected chi connectivity index (χ3v) is 5.54. The fourth-order valence-corrected chi connectivity index (χ4v) is 3.56. The summed E-state index contributed by atoms with van der Waals surface area (Å²) in [5.41, 5.74) is 1.02. The van der Waals surface area contributed by atoms with Crippen LogP contribution in [0.5, 0.6) is 5.75 Å². The first-order chi connectivity index (χ1) is 15.6. The van der Waals surface area contributed by atoms with Gasteiger partial charge in [0.2, 0.25) is 5.91 Å². The minimum atomic E-state index is -0.201. The van der Waals surface area contributed by atoms with Crippen molar-refractivity contribution < 1.29 is 18.7 Å². The largest absolute Gasteiger partial charge is 0.484 e. The summed E-state index contributed by atoms with van der Waals surface area (Å²) in [6.45, 7) is 0.673. The second-order valence-corrected chi connectivity index (χ2v) is 8.25. The highest BCUT2D eigenvalue weighted by Crippen LogP contribution is 2.27. The van der Waals surface area contributed by atoms with Crippen molar-refractivity contribution in [3.05, 3.63) is 89.3 Å². The summed E-state index contributed by atoms with van der Waals surface area (Å²) >= 11 is 5.89. The molecule has 0 unspecified atom stereocenters. The molecule has 6 nitrogen and oxygen atoms in total. The lowest BCUT2D eigenvalue weighted by Gasteiger charge is -2.27. The molecular formula is C25H25ClN2O4. The molecule has 3 aromatic rings. The molecule has 0 atom stereocenters.